The maximum Gasteiger partial charge on any atom is 0.319 e. The van der Waals surface area contributed by atoms with E-state index < -0.39 is 23.2 Å². The van der Waals surface area contributed by atoms with Crippen molar-refractivity contribution < 1.29 is 14.3 Å². The molecule has 7 nitrogen and oxygen atoms in total. The van der Waals surface area contributed by atoms with Crippen molar-refractivity contribution in [2.24, 2.45) is 5.73 Å². The minimum absolute atomic E-state index is 0.210. The third kappa shape index (κ3) is 4.42. The monoisotopic (exact) mass is 417 g/mol. The number of nitrogens with one attached hydrogen (secondary N) is 1. The average molecular weight is 418 g/mol. The molecule has 3 N–H and O–H groups in total. The Hall–Kier alpha value is -2.65. The van der Waals surface area contributed by atoms with E-state index >= 15 is 0 Å². The van der Waals surface area contributed by atoms with Crippen LogP contribution in [0.3, 0.4) is 0 Å². The Kier molecular flexibility index (Phi) is 6.15. The van der Waals surface area contributed by atoms with Crippen LogP contribution < -0.4 is 11.3 Å². The summed E-state index contributed by atoms with van der Waals surface area (Å²) in [5, 5.41) is 1.95. The summed E-state index contributed by atoms with van der Waals surface area (Å²) >= 11 is 2.66. The molecule has 2 aromatic heterocycles. The molecule has 0 spiro atoms. The lowest BCUT2D eigenvalue weighted by molar-refractivity contribution is -0.152. The number of hydrogen-bond acceptors (Lipinski definition) is 7. The zero-order chi connectivity index (χ0) is 20.3. The molecule has 0 aliphatic rings. The highest BCUT2D eigenvalue weighted by atomic mass is 32.2. The summed E-state index contributed by atoms with van der Waals surface area (Å²) in [4.78, 5) is 43.5. The molecule has 0 bridgehead atoms. The maximum atomic E-state index is 12.6. The number of primary amides is 1. The van der Waals surface area contributed by atoms with Crippen LogP contribution in [-0.2, 0) is 20.1 Å². The standard InChI is InChI=1S/C19H19N3O4S2/c1-10(16(20)23)26-19(25)11(2)27-9-14-21-17(24)15-13(8-28-18(15)22-14)12-6-4-3-5-7-12/h3-8,10-11H,9H2,1-2H3,(H2,20,23)(H,21,22,24)/t10-,11+/m1/s1. The van der Waals surface area contributed by atoms with Crippen molar-refractivity contribution in [1.29, 1.82) is 0 Å². The van der Waals surface area contributed by atoms with Gasteiger partial charge in [-0.2, -0.15) is 0 Å². The first-order chi connectivity index (χ1) is 13.4. The lowest BCUT2D eigenvalue weighted by Crippen LogP contribution is -2.33. The lowest BCUT2D eigenvalue weighted by atomic mass is 10.1. The lowest BCUT2D eigenvalue weighted by Gasteiger charge is -2.14. The highest BCUT2D eigenvalue weighted by molar-refractivity contribution is 7.99. The average Bonchev–Trinajstić information content (AvgIpc) is 3.11. The zero-order valence-electron chi connectivity index (χ0n) is 15.3. The number of amides is 1. The van der Waals surface area contributed by atoms with Crippen molar-refractivity contribution in [2.45, 2.75) is 31.0 Å². The van der Waals surface area contributed by atoms with Crippen LogP contribution in [0, 0.1) is 0 Å². The van der Waals surface area contributed by atoms with E-state index in [1.807, 2.05) is 35.7 Å². The van der Waals surface area contributed by atoms with Gasteiger partial charge in [0.25, 0.3) is 11.5 Å². The number of aromatic nitrogens is 2. The summed E-state index contributed by atoms with van der Waals surface area (Å²) in [5.74, 6) is -0.437. The molecule has 3 rings (SSSR count). The van der Waals surface area contributed by atoms with Crippen LogP contribution in [0.5, 0.6) is 0 Å². The van der Waals surface area contributed by atoms with E-state index in [1.165, 1.54) is 30.0 Å². The largest absolute Gasteiger partial charge is 0.452 e. The number of carbonyl (C=O) groups excluding carboxylic acids is 2. The summed E-state index contributed by atoms with van der Waals surface area (Å²) < 4.78 is 4.98. The maximum absolute atomic E-state index is 12.6. The Morgan fingerprint density at radius 1 is 1.29 bits per heavy atom. The van der Waals surface area contributed by atoms with Crippen LogP contribution in [0.15, 0.2) is 40.5 Å². The van der Waals surface area contributed by atoms with Gasteiger partial charge in [0.1, 0.15) is 15.9 Å². The third-order valence-electron chi connectivity index (χ3n) is 4.07. The quantitative estimate of drug-likeness (QED) is 0.571. The number of thioether (sulfide) groups is 1. The molecule has 2 heterocycles. The molecule has 0 fully saturated rings. The summed E-state index contributed by atoms with van der Waals surface area (Å²) in [5.41, 5.74) is 6.70. The minimum atomic E-state index is -0.979. The van der Waals surface area contributed by atoms with Crippen molar-refractivity contribution in [2.75, 3.05) is 0 Å². The van der Waals surface area contributed by atoms with Crippen LogP contribution in [0.4, 0.5) is 0 Å². The molecule has 0 saturated carbocycles. The van der Waals surface area contributed by atoms with Gasteiger partial charge in [-0.1, -0.05) is 30.3 Å². The van der Waals surface area contributed by atoms with Gasteiger partial charge in [-0.3, -0.25) is 14.4 Å². The van der Waals surface area contributed by atoms with Gasteiger partial charge < -0.3 is 15.5 Å². The minimum Gasteiger partial charge on any atom is -0.452 e. The molecule has 1 aromatic carbocycles. The van der Waals surface area contributed by atoms with Crippen molar-refractivity contribution in [3.8, 4) is 11.1 Å². The number of aromatic amines is 1. The smallest absolute Gasteiger partial charge is 0.319 e. The van der Waals surface area contributed by atoms with Gasteiger partial charge >= 0.3 is 5.97 Å². The number of carbonyl (C=O) groups is 2. The number of benzene rings is 1. The Morgan fingerprint density at radius 3 is 2.68 bits per heavy atom. The predicted octanol–water partition coefficient (Wildman–Crippen LogP) is 2.69. The second-order valence-electron chi connectivity index (χ2n) is 6.14. The SMILES string of the molecule is C[C@H](SCc1nc2scc(-c3ccccc3)c2c(=O)[nH]1)C(=O)O[C@H](C)C(N)=O. The molecular formula is C19H19N3O4S2. The first kappa shape index (κ1) is 20.1. The topological polar surface area (TPSA) is 115 Å². The van der Waals surface area contributed by atoms with Crippen LogP contribution in [-0.4, -0.2) is 33.2 Å². The number of H-pyrrole nitrogens is 1. The van der Waals surface area contributed by atoms with Gasteiger partial charge in [-0.15, -0.1) is 23.1 Å². The number of rotatable bonds is 7. The molecule has 0 unspecified atom stereocenters. The molecule has 146 valence electrons. The van der Waals surface area contributed by atoms with Gasteiger partial charge in [0.15, 0.2) is 6.10 Å². The van der Waals surface area contributed by atoms with Crippen LogP contribution in [0.1, 0.15) is 19.7 Å². The summed E-state index contributed by atoms with van der Waals surface area (Å²) in [7, 11) is 0. The van der Waals surface area contributed by atoms with Crippen LogP contribution >= 0.6 is 23.1 Å². The first-order valence-corrected chi connectivity index (χ1v) is 10.5. The molecule has 0 aliphatic heterocycles. The number of esters is 1. The molecule has 2 atom stereocenters. The number of hydrogen-bond donors (Lipinski definition) is 2. The Balaban J connectivity index is 1.74. The molecule has 3 aromatic rings. The summed E-state index contributed by atoms with van der Waals surface area (Å²) in [6, 6.07) is 9.67. The zero-order valence-corrected chi connectivity index (χ0v) is 16.9. The van der Waals surface area contributed by atoms with Gasteiger partial charge in [-0.05, 0) is 19.4 Å². The first-order valence-electron chi connectivity index (χ1n) is 8.54. The molecule has 0 aliphatic carbocycles. The number of thiophene rings is 1. The van der Waals surface area contributed by atoms with Gasteiger partial charge in [-0.25, -0.2) is 4.98 Å². The molecule has 0 saturated heterocycles. The summed E-state index contributed by atoms with van der Waals surface area (Å²) in [6.45, 7) is 3.09. The number of fused-ring (bicyclic) bond motifs is 1. The van der Waals surface area contributed by atoms with E-state index in [1.54, 1.807) is 6.92 Å². The van der Waals surface area contributed by atoms with E-state index in [4.69, 9.17) is 10.5 Å². The second kappa shape index (κ2) is 8.57. The van der Waals surface area contributed by atoms with Gasteiger partial charge in [0.05, 0.1) is 11.1 Å². The second-order valence-corrected chi connectivity index (χ2v) is 8.33. The van der Waals surface area contributed by atoms with E-state index in [0.29, 0.717) is 21.8 Å². The van der Waals surface area contributed by atoms with E-state index in [2.05, 4.69) is 9.97 Å². The summed E-state index contributed by atoms with van der Waals surface area (Å²) in [6.07, 6.45) is -0.979. The highest BCUT2D eigenvalue weighted by Crippen LogP contribution is 2.30. The molecular weight excluding hydrogens is 398 g/mol. The fourth-order valence-electron chi connectivity index (χ4n) is 2.49. The van der Waals surface area contributed by atoms with E-state index in [0.717, 1.165) is 11.1 Å². The number of nitrogens with two attached hydrogens (primary N) is 1. The highest BCUT2D eigenvalue weighted by Gasteiger charge is 2.21. The van der Waals surface area contributed by atoms with Crippen molar-refractivity contribution >= 4 is 45.2 Å². The van der Waals surface area contributed by atoms with Crippen molar-refractivity contribution in [3.63, 3.8) is 0 Å². The van der Waals surface area contributed by atoms with Crippen molar-refractivity contribution in [1.82, 2.24) is 9.97 Å². The van der Waals surface area contributed by atoms with Crippen LogP contribution in [0.25, 0.3) is 21.3 Å². The molecule has 0 radical (unpaired) electrons. The number of ether oxygens (including phenoxy) is 1. The normalized spacial score (nSPS) is 13.2. The van der Waals surface area contributed by atoms with E-state index in [9.17, 15) is 14.4 Å². The van der Waals surface area contributed by atoms with Crippen LogP contribution in [0.2, 0.25) is 0 Å². The molecule has 1 amide bonds. The molecule has 28 heavy (non-hydrogen) atoms. The molecule has 9 heteroatoms. The Morgan fingerprint density at radius 2 is 2.00 bits per heavy atom. The number of nitrogens with zero attached hydrogens (tertiary/aromatic N) is 1. The predicted molar refractivity (Wildman–Crippen MR) is 111 cm³/mol. The van der Waals surface area contributed by atoms with E-state index in [-0.39, 0.29) is 5.56 Å². The third-order valence-corrected chi connectivity index (χ3v) is 6.08. The van der Waals surface area contributed by atoms with Gasteiger partial charge in [0.2, 0.25) is 0 Å². The fourth-order valence-corrected chi connectivity index (χ4v) is 4.20. The van der Waals surface area contributed by atoms with Gasteiger partial charge in [0, 0.05) is 10.9 Å². The Labute approximate surface area is 169 Å². The Bertz CT molecular complexity index is 1060. The van der Waals surface area contributed by atoms with Crippen molar-refractivity contribution in [3.05, 3.63) is 51.9 Å². The fraction of sp³-hybridized carbons (Fsp3) is 0.263.